The predicted octanol–water partition coefficient (Wildman–Crippen LogP) is 1.80. The van der Waals surface area contributed by atoms with Crippen molar-refractivity contribution in [3.63, 3.8) is 0 Å². The van der Waals surface area contributed by atoms with Gasteiger partial charge in [-0.15, -0.1) is 0 Å². The van der Waals surface area contributed by atoms with Gasteiger partial charge in [-0.25, -0.2) is 4.79 Å². The number of methoxy groups -OCH3 is 1. The molecule has 0 fully saturated rings. The number of anilines is 2. The van der Waals surface area contributed by atoms with Crippen LogP contribution in [0.3, 0.4) is 0 Å². The number of benzene rings is 1. The van der Waals surface area contributed by atoms with Crippen molar-refractivity contribution in [2.75, 3.05) is 24.8 Å². The first-order valence-electron chi connectivity index (χ1n) is 5.46. The van der Waals surface area contributed by atoms with Crippen molar-refractivity contribution in [1.29, 1.82) is 0 Å². The highest BCUT2D eigenvalue weighted by atomic mass is 16.5. The second-order valence-corrected chi connectivity index (χ2v) is 3.82. The molecule has 1 aromatic carbocycles. The molecule has 0 aliphatic rings. The summed E-state index contributed by atoms with van der Waals surface area (Å²) in [5.41, 5.74) is 6.75. The Labute approximate surface area is 101 Å². The number of carboxylic acids is 1. The molecule has 0 aliphatic carbocycles. The number of carbonyl (C=O) groups is 1. The van der Waals surface area contributed by atoms with Crippen molar-refractivity contribution in [3.8, 4) is 0 Å². The minimum Gasteiger partial charge on any atom is -0.478 e. The Morgan fingerprint density at radius 3 is 2.82 bits per heavy atom. The van der Waals surface area contributed by atoms with Crippen molar-refractivity contribution < 1.29 is 14.6 Å². The summed E-state index contributed by atoms with van der Waals surface area (Å²) >= 11 is 0. The Bertz CT molecular complexity index is 393. The molecule has 0 saturated carbocycles. The number of carboxylic acid groups (broad SMARTS) is 1. The molecule has 0 aromatic heterocycles. The molecule has 94 valence electrons. The van der Waals surface area contributed by atoms with E-state index in [1.807, 2.05) is 6.92 Å². The highest BCUT2D eigenvalue weighted by Gasteiger charge is 2.13. The first-order chi connectivity index (χ1) is 8.08. The number of hydrogen-bond acceptors (Lipinski definition) is 4. The fraction of sp³-hybridized carbons (Fsp3) is 0.417. The molecule has 1 rings (SSSR count). The van der Waals surface area contributed by atoms with Gasteiger partial charge >= 0.3 is 5.97 Å². The van der Waals surface area contributed by atoms with E-state index >= 15 is 0 Å². The summed E-state index contributed by atoms with van der Waals surface area (Å²) in [5.74, 6) is -0.993. The number of nitrogens with one attached hydrogen (secondary N) is 1. The fourth-order valence-corrected chi connectivity index (χ4v) is 1.55. The molecule has 0 amide bonds. The quantitative estimate of drug-likeness (QED) is 0.658. The van der Waals surface area contributed by atoms with Gasteiger partial charge in [0, 0.05) is 24.5 Å². The van der Waals surface area contributed by atoms with Gasteiger partial charge in [0.25, 0.3) is 0 Å². The van der Waals surface area contributed by atoms with Crippen LogP contribution in [-0.4, -0.2) is 30.8 Å². The molecule has 0 radical (unpaired) electrons. The molecule has 0 saturated heterocycles. The van der Waals surface area contributed by atoms with E-state index in [0.717, 1.165) is 6.42 Å². The van der Waals surface area contributed by atoms with Gasteiger partial charge in [-0.05, 0) is 24.6 Å². The highest BCUT2D eigenvalue weighted by molar-refractivity contribution is 5.95. The lowest BCUT2D eigenvalue weighted by molar-refractivity contribution is 0.0698. The molecule has 4 N–H and O–H groups in total. The average molecular weight is 238 g/mol. The minimum atomic E-state index is -0.993. The van der Waals surface area contributed by atoms with Crippen LogP contribution in [0.4, 0.5) is 11.4 Å². The SMILES string of the molecule is CCC(COC)Nc1ccc(N)cc1C(=O)O. The summed E-state index contributed by atoms with van der Waals surface area (Å²) in [6.45, 7) is 2.54. The third-order valence-corrected chi connectivity index (χ3v) is 2.49. The van der Waals surface area contributed by atoms with Crippen LogP contribution in [0.2, 0.25) is 0 Å². The maximum Gasteiger partial charge on any atom is 0.337 e. The van der Waals surface area contributed by atoms with Gasteiger partial charge in [0.2, 0.25) is 0 Å². The van der Waals surface area contributed by atoms with Crippen LogP contribution in [-0.2, 0) is 4.74 Å². The molecule has 0 bridgehead atoms. The first kappa shape index (κ1) is 13.3. The van der Waals surface area contributed by atoms with Crippen molar-refractivity contribution in [2.24, 2.45) is 0 Å². The number of nitrogen functional groups attached to an aromatic ring is 1. The maximum atomic E-state index is 11.1. The lowest BCUT2D eigenvalue weighted by Crippen LogP contribution is -2.25. The van der Waals surface area contributed by atoms with Crippen molar-refractivity contribution >= 4 is 17.3 Å². The fourth-order valence-electron chi connectivity index (χ4n) is 1.55. The Morgan fingerprint density at radius 1 is 1.59 bits per heavy atom. The lowest BCUT2D eigenvalue weighted by Gasteiger charge is -2.18. The van der Waals surface area contributed by atoms with Gasteiger partial charge in [-0.1, -0.05) is 6.92 Å². The number of hydrogen-bond donors (Lipinski definition) is 3. The van der Waals surface area contributed by atoms with Crippen LogP contribution >= 0.6 is 0 Å². The number of ether oxygens (including phenoxy) is 1. The van der Waals surface area contributed by atoms with E-state index < -0.39 is 5.97 Å². The molecule has 0 heterocycles. The van der Waals surface area contributed by atoms with E-state index in [9.17, 15) is 4.79 Å². The second-order valence-electron chi connectivity index (χ2n) is 3.82. The zero-order valence-electron chi connectivity index (χ0n) is 10.1. The van der Waals surface area contributed by atoms with Gasteiger partial charge < -0.3 is 20.9 Å². The van der Waals surface area contributed by atoms with E-state index in [4.69, 9.17) is 15.6 Å². The van der Waals surface area contributed by atoms with Crippen LogP contribution in [0.5, 0.6) is 0 Å². The molecule has 5 nitrogen and oxygen atoms in total. The largest absolute Gasteiger partial charge is 0.478 e. The monoisotopic (exact) mass is 238 g/mol. The molecule has 1 aromatic rings. The molecule has 1 atom stereocenters. The molecule has 0 aliphatic heterocycles. The second kappa shape index (κ2) is 6.10. The number of nitrogens with two attached hydrogens (primary N) is 1. The summed E-state index contributed by atoms with van der Waals surface area (Å²) in [5, 5.41) is 12.2. The normalized spacial score (nSPS) is 12.1. The summed E-state index contributed by atoms with van der Waals surface area (Å²) in [6.07, 6.45) is 0.845. The number of rotatable bonds is 6. The zero-order valence-corrected chi connectivity index (χ0v) is 10.1. The molecule has 17 heavy (non-hydrogen) atoms. The van der Waals surface area contributed by atoms with Crippen LogP contribution in [0.1, 0.15) is 23.7 Å². The first-order valence-corrected chi connectivity index (χ1v) is 5.46. The van der Waals surface area contributed by atoms with Crippen LogP contribution in [0.25, 0.3) is 0 Å². The van der Waals surface area contributed by atoms with Crippen molar-refractivity contribution in [1.82, 2.24) is 0 Å². The molecule has 5 heteroatoms. The Balaban J connectivity index is 2.92. The zero-order chi connectivity index (χ0) is 12.8. The smallest absolute Gasteiger partial charge is 0.337 e. The van der Waals surface area contributed by atoms with Gasteiger partial charge in [0.05, 0.1) is 12.2 Å². The molecule has 1 unspecified atom stereocenters. The predicted molar refractivity (Wildman–Crippen MR) is 67.4 cm³/mol. The van der Waals surface area contributed by atoms with Crippen molar-refractivity contribution in [3.05, 3.63) is 23.8 Å². The van der Waals surface area contributed by atoms with E-state index in [1.54, 1.807) is 19.2 Å². The Morgan fingerprint density at radius 2 is 2.29 bits per heavy atom. The summed E-state index contributed by atoms with van der Waals surface area (Å²) in [6, 6.07) is 4.89. The third kappa shape index (κ3) is 3.64. The Kier molecular flexibility index (Phi) is 4.78. The standard InChI is InChI=1S/C12H18N2O3/c1-3-9(7-17-2)14-11-5-4-8(13)6-10(11)12(15)16/h4-6,9,14H,3,7,13H2,1-2H3,(H,15,16). The molecular weight excluding hydrogens is 220 g/mol. The highest BCUT2D eigenvalue weighted by Crippen LogP contribution is 2.20. The summed E-state index contributed by atoms with van der Waals surface area (Å²) in [4.78, 5) is 11.1. The van der Waals surface area contributed by atoms with Gasteiger partial charge in [-0.2, -0.15) is 0 Å². The summed E-state index contributed by atoms with van der Waals surface area (Å²) < 4.78 is 5.06. The van der Waals surface area contributed by atoms with Gasteiger partial charge in [-0.3, -0.25) is 0 Å². The number of aromatic carboxylic acids is 1. The molecule has 0 spiro atoms. The topological polar surface area (TPSA) is 84.6 Å². The summed E-state index contributed by atoms with van der Waals surface area (Å²) in [7, 11) is 1.62. The van der Waals surface area contributed by atoms with Gasteiger partial charge in [0.1, 0.15) is 0 Å². The minimum absolute atomic E-state index is 0.0849. The van der Waals surface area contributed by atoms with Crippen molar-refractivity contribution in [2.45, 2.75) is 19.4 Å². The average Bonchev–Trinajstić information content (AvgIpc) is 2.30. The van der Waals surface area contributed by atoms with E-state index in [0.29, 0.717) is 18.0 Å². The van der Waals surface area contributed by atoms with E-state index in [1.165, 1.54) is 6.07 Å². The van der Waals surface area contributed by atoms with Crippen LogP contribution in [0.15, 0.2) is 18.2 Å². The third-order valence-electron chi connectivity index (χ3n) is 2.49. The van der Waals surface area contributed by atoms with Crippen LogP contribution in [0, 0.1) is 0 Å². The van der Waals surface area contributed by atoms with E-state index in [2.05, 4.69) is 5.32 Å². The lowest BCUT2D eigenvalue weighted by atomic mass is 10.1. The maximum absolute atomic E-state index is 11.1. The van der Waals surface area contributed by atoms with Gasteiger partial charge in [0.15, 0.2) is 0 Å². The van der Waals surface area contributed by atoms with E-state index in [-0.39, 0.29) is 11.6 Å². The Hall–Kier alpha value is -1.75. The van der Waals surface area contributed by atoms with Crippen LogP contribution < -0.4 is 11.1 Å². The molecular formula is C12H18N2O3.